The predicted octanol–water partition coefficient (Wildman–Crippen LogP) is 1.92. The Balaban J connectivity index is 1.87. The Hall–Kier alpha value is -2.03. The van der Waals surface area contributed by atoms with Gasteiger partial charge in [0, 0.05) is 37.3 Å². The summed E-state index contributed by atoms with van der Waals surface area (Å²) >= 11 is 0. The molecule has 0 aromatic heterocycles. The van der Waals surface area contributed by atoms with Gasteiger partial charge in [0.15, 0.2) is 4.91 Å². The molecule has 4 rings (SSSR count). The summed E-state index contributed by atoms with van der Waals surface area (Å²) in [6.07, 6.45) is 0.942. The van der Waals surface area contributed by atoms with Crippen LogP contribution in [-0.2, 0) is 14.8 Å². The van der Waals surface area contributed by atoms with E-state index in [9.17, 15) is 18.0 Å². The number of Topliss-reactive ketones (excluding diaryl/α,β-unsaturated/α-hetero) is 2. The van der Waals surface area contributed by atoms with Gasteiger partial charge >= 0.3 is 0 Å². The lowest BCUT2D eigenvalue weighted by atomic mass is 9.91. The lowest BCUT2D eigenvalue weighted by molar-refractivity contribution is 0.0498. The van der Waals surface area contributed by atoms with Crippen molar-refractivity contribution in [3.63, 3.8) is 0 Å². The lowest BCUT2D eigenvalue weighted by Gasteiger charge is -2.37. The topological polar surface area (TPSA) is 84.0 Å². The molecule has 3 aliphatic rings. The van der Waals surface area contributed by atoms with Crippen LogP contribution >= 0.6 is 0 Å². The molecule has 0 N–H and O–H groups in total. The van der Waals surface area contributed by atoms with Gasteiger partial charge < -0.3 is 9.64 Å². The first-order valence-corrected chi connectivity index (χ1v) is 11.5. The number of hydrogen-bond acceptors (Lipinski definition) is 6. The van der Waals surface area contributed by atoms with Crippen LogP contribution in [-0.4, -0.2) is 68.6 Å². The molecule has 2 atom stereocenters. The van der Waals surface area contributed by atoms with Crippen LogP contribution in [0.15, 0.2) is 34.9 Å². The molecule has 0 saturated carbocycles. The Morgan fingerprint density at radius 2 is 1.48 bits per heavy atom. The average Bonchev–Trinajstić information content (AvgIpc) is 2.70. The van der Waals surface area contributed by atoms with Crippen molar-refractivity contribution in [1.29, 1.82) is 0 Å². The fourth-order valence-corrected chi connectivity index (χ4v) is 6.55. The number of rotatable bonds is 3. The zero-order chi connectivity index (χ0) is 20.8. The third kappa shape index (κ3) is 3.53. The molecule has 7 nitrogen and oxygen atoms in total. The summed E-state index contributed by atoms with van der Waals surface area (Å²) in [5, 5.41) is 0. The highest BCUT2D eigenvalue weighted by Crippen LogP contribution is 2.35. The second kappa shape index (κ2) is 7.66. The predicted molar refractivity (Wildman–Crippen MR) is 108 cm³/mol. The van der Waals surface area contributed by atoms with Crippen molar-refractivity contribution >= 4 is 21.6 Å². The Morgan fingerprint density at radius 1 is 0.931 bits per heavy atom. The molecule has 2 saturated heterocycles. The summed E-state index contributed by atoms with van der Waals surface area (Å²) < 4.78 is 34.1. The molecule has 1 aromatic rings. The fourth-order valence-electron chi connectivity index (χ4n) is 4.58. The zero-order valence-electron chi connectivity index (χ0n) is 16.8. The van der Waals surface area contributed by atoms with Crippen LogP contribution in [0.4, 0.5) is 0 Å². The van der Waals surface area contributed by atoms with E-state index in [4.69, 9.17) is 4.74 Å². The number of fused-ring (bicyclic) bond motifs is 1. The molecule has 0 bridgehead atoms. The summed E-state index contributed by atoms with van der Waals surface area (Å²) in [7, 11) is -4.11. The normalized spacial score (nSPS) is 26.6. The Morgan fingerprint density at radius 3 is 2.07 bits per heavy atom. The molecule has 2 unspecified atom stereocenters. The standard InChI is InChI=1S/C21H26N2O5S/c1-14-11-15(2)13-23(12-14)29(26,27)21-18(22-7-9-28-10-8-22)19(24)16-5-3-4-6-17(16)20(21)25/h3-6,14-15H,7-13H2,1-2H3. The van der Waals surface area contributed by atoms with E-state index >= 15 is 0 Å². The first kappa shape index (κ1) is 20.3. The monoisotopic (exact) mass is 418 g/mol. The third-order valence-electron chi connectivity index (χ3n) is 5.81. The molecule has 0 amide bonds. The summed E-state index contributed by atoms with van der Waals surface area (Å²) in [5.74, 6) is -0.600. The highest BCUT2D eigenvalue weighted by Gasteiger charge is 2.45. The number of nitrogens with zero attached hydrogens (tertiary/aromatic N) is 2. The summed E-state index contributed by atoms with van der Waals surface area (Å²) in [6.45, 7) is 6.27. The number of sulfonamides is 1. The maximum absolute atomic E-state index is 13.7. The van der Waals surface area contributed by atoms with Gasteiger partial charge in [-0.25, -0.2) is 8.42 Å². The molecule has 29 heavy (non-hydrogen) atoms. The number of ketones is 2. The van der Waals surface area contributed by atoms with Crippen molar-refractivity contribution in [2.75, 3.05) is 39.4 Å². The van der Waals surface area contributed by atoms with Gasteiger partial charge in [0.25, 0.3) is 0 Å². The van der Waals surface area contributed by atoms with E-state index in [0.29, 0.717) is 39.4 Å². The Bertz CT molecular complexity index is 969. The maximum atomic E-state index is 13.7. The zero-order valence-corrected chi connectivity index (χ0v) is 17.6. The number of ether oxygens (including phenoxy) is 1. The number of carbonyl (C=O) groups is 2. The van der Waals surface area contributed by atoms with E-state index in [1.165, 1.54) is 10.4 Å². The largest absolute Gasteiger partial charge is 0.378 e. The summed E-state index contributed by atoms with van der Waals surface area (Å²) in [4.78, 5) is 28.1. The van der Waals surface area contributed by atoms with Crippen LogP contribution in [0.1, 0.15) is 41.0 Å². The maximum Gasteiger partial charge on any atom is 0.249 e. The second-order valence-corrected chi connectivity index (χ2v) is 10.1. The van der Waals surface area contributed by atoms with Crippen molar-refractivity contribution in [2.24, 2.45) is 11.8 Å². The van der Waals surface area contributed by atoms with Crippen molar-refractivity contribution in [3.05, 3.63) is 46.0 Å². The molecular formula is C21H26N2O5S. The third-order valence-corrected chi connectivity index (χ3v) is 7.69. The van der Waals surface area contributed by atoms with Crippen molar-refractivity contribution in [2.45, 2.75) is 20.3 Å². The Labute approximate surface area is 171 Å². The summed E-state index contributed by atoms with van der Waals surface area (Å²) in [5.41, 5.74) is 0.424. The van der Waals surface area contributed by atoms with E-state index < -0.39 is 21.6 Å². The molecule has 1 aliphatic carbocycles. The van der Waals surface area contributed by atoms with Crippen LogP contribution in [0.2, 0.25) is 0 Å². The van der Waals surface area contributed by atoms with E-state index in [1.807, 2.05) is 13.8 Å². The average molecular weight is 419 g/mol. The highest BCUT2D eigenvalue weighted by atomic mass is 32.2. The van der Waals surface area contributed by atoms with E-state index in [0.717, 1.165) is 6.42 Å². The van der Waals surface area contributed by atoms with E-state index in [2.05, 4.69) is 0 Å². The van der Waals surface area contributed by atoms with Gasteiger partial charge in [0.1, 0.15) is 5.70 Å². The van der Waals surface area contributed by atoms with Gasteiger partial charge in [-0.05, 0) is 18.3 Å². The van der Waals surface area contributed by atoms with Crippen molar-refractivity contribution < 1.29 is 22.7 Å². The van der Waals surface area contributed by atoms with Crippen LogP contribution < -0.4 is 0 Å². The number of benzene rings is 1. The smallest absolute Gasteiger partial charge is 0.249 e. The number of allylic oxidation sites excluding steroid dienone is 2. The molecule has 156 valence electrons. The molecule has 0 spiro atoms. The van der Waals surface area contributed by atoms with Gasteiger partial charge in [0.05, 0.1) is 13.2 Å². The van der Waals surface area contributed by atoms with E-state index in [-0.39, 0.29) is 33.6 Å². The van der Waals surface area contributed by atoms with Crippen LogP contribution in [0.25, 0.3) is 0 Å². The highest BCUT2D eigenvalue weighted by molar-refractivity contribution is 7.94. The van der Waals surface area contributed by atoms with Crippen LogP contribution in [0.5, 0.6) is 0 Å². The number of morpholine rings is 1. The Kier molecular flexibility index (Phi) is 5.35. The number of piperidine rings is 1. The first-order chi connectivity index (χ1) is 13.8. The fraction of sp³-hybridized carbons (Fsp3) is 0.524. The molecule has 1 aromatic carbocycles. The molecule has 8 heteroatoms. The lowest BCUT2D eigenvalue weighted by Crippen LogP contribution is -2.47. The molecule has 2 aliphatic heterocycles. The van der Waals surface area contributed by atoms with Crippen molar-refractivity contribution in [3.8, 4) is 0 Å². The minimum atomic E-state index is -4.11. The summed E-state index contributed by atoms with van der Waals surface area (Å²) in [6, 6.07) is 6.46. The molecule has 0 radical (unpaired) electrons. The van der Waals surface area contributed by atoms with Gasteiger partial charge in [-0.3, -0.25) is 9.59 Å². The van der Waals surface area contributed by atoms with E-state index in [1.54, 1.807) is 23.1 Å². The SMILES string of the molecule is CC1CC(C)CN(S(=O)(=O)C2=C(N3CCOCC3)C(=O)c3ccccc3C2=O)C1. The van der Waals surface area contributed by atoms with Crippen LogP contribution in [0.3, 0.4) is 0 Å². The number of carbonyl (C=O) groups excluding carboxylic acids is 2. The molecule has 2 fully saturated rings. The molecule has 2 heterocycles. The van der Waals surface area contributed by atoms with Gasteiger partial charge in [0.2, 0.25) is 21.6 Å². The minimum absolute atomic E-state index is 0.00267. The second-order valence-electron chi connectivity index (χ2n) is 8.25. The van der Waals surface area contributed by atoms with Gasteiger partial charge in [-0.2, -0.15) is 4.31 Å². The minimum Gasteiger partial charge on any atom is -0.378 e. The molecular weight excluding hydrogens is 392 g/mol. The van der Waals surface area contributed by atoms with Crippen LogP contribution in [0, 0.1) is 11.8 Å². The quantitative estimate of drug-likeness (QED) is 0.746. The first-order valence-electron chi connectivity index (χ1n) is 10.1. The van der Waals surface area contributed by atoms with Crippen molar-refractivity contribution in [1.82, 2.24) is 9.21 Å². The number of hydrogen-bond donors (Lipinski definition) is 0. The van der Waals surface area contributed by atoms with Gasteiger partial charge in [-0.1, -0.05) is 38.1 Å². The van der Waals surface area contributed by atoms with Gasteiger partial charge in [-0.15, -0.1) is 0 Å².